The molecule has 7 nitrogen and oxygen atoms in total. The summed E-state index contributed by atoms with van der Waals surface area (Å²) in [6.07, 6.45) is 2.54. The lowest BCUT2D eigenvalue weighted by atomic mass is 9.86. The third kappa shape index (κ3) is 5.77. The molecule has 2 atom stereocenters. The first kappa shape index (κ1) is 25.6. The Morgan fingerprint density at radius 2 is 1.89 bits per heavy atom. The number of hydrogen-bond acceptors (Lipinski definition) is 7. The maximum absolute atomic E-state index is 13.3. The Hall–Kier alpha value is -3.05. The van der Waals surface area contributed by atoms with Gasteiger partial charge in [-0.1, -0.05) is 6.92 Å². The largest absolute Gasteiger partial charge is 0.489 e. The van der Waals surface area contributed by atoms with E-state index in [9.17, 15) is 18.0 Å². The highest BCUT2D eigenvalue weighted by Crippen LogP contribution is 2.34. The number of amides is 1. The fourth-order valence-corrected chi connectivity index (χ4v) is 5.66. The molecule has 3 saturated heterocycles. The Bertz CT molecular complexity index is 1260. The predicted molar refractivity (Wildman–Crippen MR) is 133 cm³/mol. The number of hydrogen-bond donors (Lipinski definition) is 1. The summed E-state index contributed by atoms with van der Waals surface area (Å²) in [5.74, 6) is -0.482. The van der Waals surface area contributed by atoms with Crippen LogP contribution in [0.15, 0.2) is 36.8 Å². The molecule has 0 saturated carbocycles. The zero-order valence-electron chi connectivity index (χ0n) is 20.6. The van der Waals surface area contributed by atoms with Crippen molar-refractivity contribution in [2.75, 3.05) is 19.6 Å². The number of fused-ring (bicyclic) bond motifs is 3. The van der Waals surface area contributed by atoms with Gasteiger partial charge in [-0.25, -0.2) is 15.0 Å². The summed E-state index contributed by atoms with van der Waals surface area (Å²) < 4.78 is 44.8. The number of thiazole rings is 1. The average Bonchev–Trinajstić information content (AvgIpc) is 3.38. The molecule has 3 aromatic rings. The summed E-state index contributed by atoms with van der Waals surface area (Å²) in [6.45, 7) is 6.81. The van der Waals surface area contributed by atoms with Gasteiger partial charge in [-0.05, 0) is 63.4 Å². The molecule has 196 valence electrons. The minimum atomic E-state index is -4.62. The minimum absolute atomic E-state index is 0.0689. The van der Waals surface area contributed by atoms with Gasteiger partial charge in [-0.15, -0.1) is 11.3 Å². The second kappa shape index (κ2) is 10.4. The third-order valence-electron chi connectivity index (χ3n) is 6.97. The van der Waals surface area contributed by atoms with E-state index in [2.05, 4.69) is 32.1 Å². The Kier molecular flexibility index (Phi) is 7.17. The van der Waals surface area contributed by atoms with Gasteiger partial charge in [0.25, 0.3) is 5.91 Å². The highest BCUT2D eigenvalue weighted by molar-refractivity contribution is 7.15. The van der Waals surface area contributed by atoms with Crippen molar-refractivity contribution in [3.05, 3.63) is 58.6 Å². The van der Waals surface area contributed by atoms with Gasteiger partial charge in [0.05, 0.1) is 6.04 Å². The van der Waals surface area contributed by atoms with Gasteiger partial charge in [-0.3, -0.25) is 9.69 Å². The fourth-order valence-electron chi connectivity index (χ4n) is 4.82. The number of aromatic nitrogens is 3. The van der Waals surface area contributed by atoms with Crippen LogP contribution in [0.1, 0.15) is 59.4 Å². The number of nitrogens with one attached hydrogen (secondary N) is 1. The van der Waals surface area contributed by atoms with E-state index in [4.69, 9.17) is 4.74 Å². The summed E-state index contributed by atoms with van der Waals surface area (Å²) in [7, 11) is 0. The first-order valence-electron chi connectivity index (χ1n) is 12.4. The summed E-state index contributed by atoms with van der Waals surface area (Å²) in [5.41, 5.74) is 1.55. The first-order chi connectivity index (χ1) is 17.7. The number of ether oxygens (including phenoxy) is 1. The van der Waals surface area contributed by atoms with Gasteiger partial charge in [0.15, 0.2) is 0 Å². The molecule has 6 rings (SSSR count). The van der Waals surface area contributed by atoms with E-state index in [1.807, 2.05) is 12.3 Å². The summed E-state index contributed by atoms with van der Waals surface area (Å²) >= 11 is 1.57. The molecule has 0 radical (unpaired) electrons. The monoisotopic (exact) mass is 531 g/mol. The summed E-state index contributed by atoms with van der Waals surface area (Å²) in [5, 5.41) is 3.64. The standard InChI is InChI=1S/C26H28F3N5O2S/c1-3-21-13-30-24(37-21)18-8-17(9-20(10-18)36-22-14-34-6-4-16(22)5-7-34)23(35)33-15(2)19-11-31-25(32-12-19)26(27,28)29/h8-13,15-16,22H,3-7,14H2,1-2H3,(H,33,35)/t15?,22-/m1/s1. The van der Waals surface area contributed by atoms with Crippen LogP contribution in [0.25, 0.3) is 10.6 Å². The molecule has 11 heteroatoms. The molecule has 37 heavy (non-hydrogen) atoms. The minimum Gasteiger partial charge on any atom is -0.489 e. The number of benzene rings is 1. The Labute approximate surface area is 217 Å². The maximum Gasteiger partial charge on any atom is 0.451 e. The lowest BCUT2D eigenvalue weighted by Crippen LogP contribution is -2.52. The molecule has 5 heterocycles. The normalized spacial score (nSPS) is 22.0. The fraction of sp³-hybridized carbons (Fsp3) is 0.462. The Morgan fingerprint density at radius 1 is 1.16 bits per heavy atom. The molecule has 1 N–H and O–H groups in total. The highest BCUT2D eigenvalue weighted by atomic mass is 32.1. The average molecular weight is 532 g/mol. The van der Waals surface area contributed by atoms with Crippen LogP contribution >= 0.6 is 11.3 Å². The number of piperidine rings is 3. The lowest BCUT2D eigenvalue weighted by molar-refractivity contribution is -0.145. The smallest absolute Gasteiger partial charge is 0.451 e. The van der Waals surface area contributed by atoms with Crippen LogP contribution in [0.4, 0.5) is 13.2 Å². The molecular formula is C26H28F3N5O2S. The number of alkyl halides is 3. The second-order valence-electron chi connectivity index (χ2n) is 9.56. The van der Waals surface area contributed by atoms with Crippen LogP contribution in [-0.4, -0.2) is 51.5 Å². The number of halogens is 3. The molecule has 1 amide bonds. The second-order valence-corrected chi connectivity index (χ2v) is 10.7. The Balaban J connectivity index is 1.38. The van der Waals surface area contributed by atoms with Crippen molar-refractivity contribution >= 4 is 17.2 Å². The van der Waals surface area contributed by atoms with Crippen LogP contribution in [0.5, 0.6) is 5.75 Å². The summed E-state index contributed by atoms with van der Waals surface area (Å²) in [4.78, 5) is 28.1. The van der Waals surface area contributed by atoms with E-state index >= 15 is 0 Å². The zero-order chi connectivity index (χ0) is 26.2. The number of nitrogens with zero attached hydrogens (tertiary/aromatic N) is 4. The molecule has 1 unspecified atom stereocenters. The predicted octanol–water partition coefficient (Wildman–Crippen LogP) is 5.15. The van der Waals surface area contributed by atoms with Gasteiger partial charge in [0, 0.05) is 46.7 Å². The number of rotatable bonds is 7. The van der Waals surface area contributed by atoms with Crippen molar-refractivity contribution in [3.63, 3.8) is 0 Å². The van der Waals surface area contributed by atoms with Crippen molar-refractivity contribution < 1.29 is 22.7 Å². The van der Waals surface area contributed by atoms with Crippen molar-refractivity contribution in [1.29, 1.82) is 0 Å². The molecule has 2 aromatic heterocycles. The first-order valence-corrected chi connectivity index (χ1v) is 13.2. The molecule has 2 bridgehead atoms. The highest BCUT2D eigenvalue weighted by Gasteiger charge is 2.36. The number of carbonyl (C=O) groups is 1. The van der Waals surface area contributed by atoms with Crippen molar-refractivity contribution in [2.24, 2.45) is 5.92 Å². The SMILES string of the molecule is CCc1cnc(-c2cc(O[C@@H]3CN4CCC3CC4)cc(C(=O)NC(C)c3cnc(C(F)(F)F)nc3)c2)s1. The van der Waals surface area contributed by atoms with E-state index in [-0.39, 0.29) is 12.0 Å². The molecule has 1 aromatic carbocycles. The molecule has 3 aliphatic heterocycles. The number of aryl methyl sites for hydroxylation is 1. The van der Waals surface area contributed by atoms with E-state index < -0.39 is 18.0 Å². The zero-order valence-corrected chi connectivity index (χ0v) is 21.4. The summed E-state index contributed by atoms with van der Waals surface area (Å²) in [6, 6.07) is 4.82. The van der Waals surface area contributed by atoms with E-state index in [0.29, 0.717) is 22.8 Å². The van der Waals surface area contributed by atoms with Crippen LogP contribution < -0.4 is 10.1 Å². The van der Waals surface area contributed by atoms with Crippen LogP contribution in [0.3, 0.4) is 0 Å². The van der Waals surface area contributed by atoms with E-state index in [1.54, 1.807) is 30.4 Å². The quantitative estimate of drug-likeness (QED) is 0.455. The molecular weight excluding hydrogens is 503 g/mol. The van der Waals surface area contributed by atoms with Crippen molar-refractivity contribution in [3.8, 4) is 16.3 Å². The topological polar surface area (TPSA) is 80.2 Å². The molecule has 0 spiro atoms. The van der Waals surface area contributed by atoms with Gasteiger partial charge in [0.1, 0.15) is 16.9 Å². The lowest BCUT2D eigenvalue weighted by Gasteiger charge is -2.44. The molecule has 3 fully saturated rings. The number of carbonyl (C=O) groups excluding carboxylic acids is 1. The van der Waals surface area contributed by atoms with Gasteiger partial charge >= 0.3 is 6.18 Å². The molecule has 0 aliphatic carbocycles. The maximum atomic E-state index is 13.3. The van der Waals surface area contributed by atoms with Gasteiger partial charge < -0.3 is 10.1 Å². The van der Waals surface area contributed by atoms with Crippen molar-refractivity contribution in [2.45, 2.75) is 51.4 Å². The Morgan fingerprint density at radius 3 is 2.49 bits per heavy atom. The van der Waals surface area contributed by atoms with Gasteiger partial charge in [0.2, 0.25) is 5.82 Å². The van der Waals surface area contributed by atoms with Gasteiger partial charge in [-0.2, -0.15) is 13.2 Å². The molecule has 3 aliphatic rings. The third-order valence-corrected chi connectivity index (χ3v) is 8.17. The van der Waals surface area contributed by atoms with E-state index in [0.717, 1.165) is 66.7 Å². The van der Waals surface area contributed by atoms with Crippen LogP contribution in [-0.2, 0) is 12.6 Å². The van der Waals surface area contributed by atoms with Crippen LogP contribution in [0, 0.1) is 5.92 Å². The van der Waals surface area contributed by atoms with E-state index in [1.165, 1.54) is 0 Å². The van der Waals surface area contributed by atoms with Crippen LogP contribution in [0.2, 0.25) is 0 Å². The van der Waals surface area contributed by atoms with Crippen molar-refractivity contribution in [1.82, 2.24) is 25.2 Å².